The molecule has 0 spiro atoms. The van der Waals surface area contributed by atoms with Gasteiger partial charge in [0.05, 0.1) is 4.90 Å². The maximum Gasteiger partial charge on any atom is 0.573 e. The highest BCUT2D eigenvalue weighted by atomic mass is 32.2. The molecule has 3 rings (SSSR count). The Balaban J connectivity index is 1.49. The summed E-state index contributed by atoms with van der Waals surface area (Å²) >= 11 is 0. The number of ether oxygens (including phenoxy) is 2. The molecule has 2 aliphatic rings. The van der Waals surface area contributed by atoms with Crippen molar-refractivity contribution in [1.29, 1.82) is 0 Å². The minimum atomic E-state index is -4.83. The maximum atomic E-state index is 12.5. The van der Waals surface area contributed by atoms with E-state index in [1.54, 1.807) is 4.90 Å². The van der Waals surface area contributed by atoms with Crippen molar-refractivity contribution in [3.63, 3.8) is 0 Å². The van der Waals surface area contributed by atoms with Crippen molar-refractivity contribution < 1.29 is 35.9 Å². The number of halogens is 3. The average molecular weight is 465 g/mol. The van der Waals surface area contributed by atoms with Gasteiger partial charge in [-0.25, -0.2) is 17.9 Å². The number of carbonyl (C=O) groups excluding carboxylic acids is 1. The van der Waals surface area contributed by atoms with E-state index in [0.29, 0.717) is 25.4 Å². The summed E-state index contributed by atoms with van der Waals surface area (Å²) in [5.74, 6) is 0.00448. The molecule has 1 aliphatic carbocycles. The first kappa shape index (κ1) is 23.6. The molecule has 0 radical (unpaired) electrons. The Morgan fingerprint density at radius 3 is 2.19 bits per heavy atom. The zero-order valence-corrected chi connectivity index (χ0v) is 18.4. The zero-order valence-electron chi connectivity index (χ0n) is 17.6. The standard InChI is InChI=1S/C20H27F3N2O5S/c1-19(2,3)30-18(26)25-10-8-13(9-11-25)16-12-17(16)24-31(27,28)15-6-4-14(5-7-15)29-20(21,22)23/h4-7,13,16-17,24H,8-12H2,1-3H3. The number of benzene rings is 1. The summed E-state index contributed by atoms with van der Waals surface area (Å²) in [5, 5.41) is 0. The third-order valence-electron chi connectivity index (χ3n) is 5.31. The molecular formula is C20H27F3N2O5S. The van der Waals surface area contributed by atoms with Crippen molar-refractivity contribution in [2.45, 2.75) is 62.9 Å². The van der Waals surface area contributed by atoms with Crippen LogP contribution in [0.5, 0.6) is 5.75 Å². The maximum absolute atomic E-state index is 12.5. The molecule has 0 bridgehead atoms. The molecule has 1 saturated carbocycles. The second-order valence-electron chi connectivity index (χ2n) is 8.95. The number of piperidine rings is 1. The number of alkyl halides is 3. The molecule has 1 aliphatic heterocycles. The molecule has 11 heteroatoms. The monoisotopic (exact) mass is 464 g/mol. The fraction of sp³-hybridized carbons (Fsp3) is 0.650. The largest absolute Gasteiger partial charge is 0.573 e. The van der Waals surface area contributed by atoms with Gasteiger partial charge in [-0.15, -0.1) is 13.2 Å². The van der Waals surface area contributed by atoms with Crippen LogP contribution in [0.4, 0.5) is 18.0 Å². The highest BCUT2D eigenvalue weighted by Crippen LogP contribution is 2.43. The van der Waals surface area contributed by atoms with Crippen molar-refractivity contribution in [3.8, 4) is 5.75 Å². The summed E-state index contributed by atoms with van der Waals surface area (Å²) in [6.45, 7) is 6.58. The molecule has 1 aromatic rings. The molecule has 174 valence electrons. The van der Waals surface area contributed by atoms with E-state index in [2.05, 4.69) is 9.46 Å². The lowest BCUT2D eigenvalue weighted by Gasteiger charge is -2.33. The van der Waals surface area contributed by atoms with Crippen LogP contribution in [0.15, 0.2) is 29.2 Å². The van der Waals surface area contributed by atoms with Crippen molar-refractivity contribution in [2.24, 2.45) is 11.8 Å². The minimum absolute atomic E-state index is 0.118. The van der Waals surface area contributed by atoms with Crippen LogP contribution in [0.2, 0.25) is 0 Å². The van der Waals surface area contributed by atoms with Crippen LogP contribution in [0.25, 0.3) is 0 Å². The Morgan fingerprint density at radius 2 is 1.68 bits per heavy atom. The number of nitrogens with one attached hydrogen (secondary N) is 1. The van der Waals surface area contributed by atoms with Crippen molar-refractivity contribution in [1.82, 2.24) is 9.62 Å². The second kappa shape index (κ2) is 8.50. The fourth-order valence-corrected chi connectivity index (χ4v) is 5.10. The van der Waals surface area contributed by atoms with Gasteiger partial charge in [-0.05, 0) is 76.1 Å². The first-order chi connectivity index (χ1) is 14.2. The van der Waals surface area contributed by atoms with Crippen LogP contribution in [0.3, 0.4) is 0 Å². The van der Waals surface area contributed by atoms with Crippen LogP contribution >= 0.6 is 0 Å². The number of likely N-dealkylation sites (tertiary alicyclic amines) is 1. The summed E-state index contributed by atoms with van der Waals surface area (Å²) in [6, 6.07) is 3.90. The molecule has 2 unspecified atom stereocenters. The molecule has 1 saturated heterocycles. The lowest BCUT2D eigenvalue weighted by Crippen LogP contribution is -2.42. The van der Waals surface area contributed by atoms with Gasteiger partial charge in [0.25, 0.3) is 0 Å². The summed E-state index contributed by atoms with van der Waals surface area (Å²) in [4.78, 5) is 13.7. The van der Waals surface area contributed by atoms with Gasteiger partial charge in [-0.1, -0.05) is 0 Å². The van der Waals surface area contributed by atoms with E-state index in [9.17, 15) is 26.4 Å². The molecule has 1 heterocycles. The van der Waals surface area contributed by atoms with E-state index in [1.807, 2.05) is 20.8 Å². The van der Waals surface area contributed by atoms with E-state index in [1.165, 1.54) is 0 Å². The van der Waals surface area contributed by atoms with E-state index in [0.717, 1.165) is 37.1 Å². The van der Waals surface area contributed by atoms with Gasteiger partial charge in [0, 0.05) is 19.1 Å². The first-order valence-corrected chi connectivity index (χ1v) is 11.6. The first-order valence-electron chi connectivity index (χ1n) is 10.1. The normalized spacial score (nSPS) is 22.8. The molecule has 0 aromatic heterocycles. The molecule has 1 N–H and O–H groups in total. The van der Waals surface area contributed by atoms with Crippen molar-refractivity contribution in [2.75, 3.05) is 13.1 Å². The van der Waals surface area contributed by atoms with Crippen LogP contribution in [0, 0.1) is 11.8 Å². The third kappa shape index (κ3) is 6.73. The minimum Gasteiger partial charge on any atom is -0.444 e. The lowest BCUT2D eigenvalue weighted by atomic mass is 9.92. The molecule has 31 heavy (non-hydrogen) atoms. The fourth-order valence-electron chi connectivity index (χ4n) is 3.80. The van der Waals surface area contributed by atoms with E-state index >= 15 is 0 Å². The van der Waals surface area contributed by atoms with Gasteiger partial charge >= 0.3 is 12.5 Å². The van der Waals surface area contributed by atoms with Crippen LogP contribution in [-0.4, -0.2) is 50.5 Å². The molecule has 1 aromatic carbocycles. The summed E-state index contributed by atoms with van der Waals surface area (Å²) in [6.07, 6.45) is -2.93. The molecular weight excluding hydrogens is 437 g/mol. The highest BCUT2D eigenvalue weighted by Gasteiger charge is 2.46. The van der Waals surface area contributed by atoms with Gasteiger partial charge < -0.3 is 14.4 Å². The van der Waals surface area contributed by atoms with E-state index < -0.39 is 27.7 Å². The molecule has 1 amide bonds. The van der Waals surface area contributed by atoms with Crippen molar-refractivity contribution >= 4 is 16.1 Å². The van der Waals surface area contributed by atoms with Gasteiger partial charge in [-0.3, -0.25) is 0 Å². The molecule has 2 atom stereocenters. The lowest BCUT2D eigenvalue weighted by molar-refractivity contribution is -0.274. The second-order valence-corrected chi connectivity index (χ2v) is 10.7. The zero-order chi connectivity index (χ0) is 23.0. The van der Waals surface area contributed by atoms with Crippen molar-refractivity contribution in [3.05, 3.63) is 24.3 Å². The third-order valence-corrected chi connectivity index (χ3v) is 6.82. The van der Waals surface area contributed by atoms with Crippen LogP contribution in [0.1, 0.15) is 40.0 Å². The number of rotatable bonds is 5. The Hall–Kier alpha value is -2.01. The Kier molecular flexibility index (Phi) is 6.48. The van der Waals surface area contributed by atoms with Gasteiger partial charge in [-0.2, -0.15) is 0 Å². The number of sulfonamides is 1. The molecule has 7 nitrogen and oxygen atoms in total. The Morgan fingerprint density at radius 1 is 1.10 bits per heavy atom. The number of carbonyl (C=O) groups is 1. The smallest absolute Gasteiger partial charge is 0.444 e. The topological polar surface area (TPSA) is 84.9 Å². The highest BCUT2D eigenvalue weighted by molar-refractivity contribution is 7.89. The number of nitrogens with zero attached hydrogens (tertiary/aromatic N) is 1. The number of amides is 1. The van der Waals surface area contributed by atoms with Gasteiger partial charge in [0.15, 0.2) is 0 Å². The summed E-state index contributed by atoms with van der Waals surface area (Å²) in [7, 11) is -3.84. The van der Waals surface area contributed by atoms with Crippen LogP contribution < -0.4 is 9.46 Å². The average Bonchev–Trinajstić information content (AvgIpc) is 3.38. The Bertz CT molecular complexity index is 889. The van der Waals surface area contributed by atoms with Crippen LogP contribution in [-0.2, 0) is 14.8 Å². The SMILES string of the molecule is CC(C)(C)OC(=O)N1CCC(C2CC2NS(=O)(=O)c2ccc(OC(F)(F)F)cc2)CC1. The Labute approximate surface area is 179 Å². The van der Waals surface area contributed by atoms with Gasteiger partial charge in [0.1, 0.15) is 11.4 Å². The quantitative estimate of drug-likeness (QED) is 0.715. The number of hydrogen-bond acceptors (Lipinski definition) is 5. The predicted molar refractivity (Wildman–Crippen MR) is 106 cm³/mol. The van der Waals surface area contributed by atoms with E-state index in [4.69, 9.17) is 4.74 Å². The van der Waals surface area contributed by atoms with E-state index in [-0.39, 0.29) is 22.9 Å². The summed E-state index contributed by atoms with van der Waals surface area (Å²) in [5.41, 5.74) is -0.551. The summed E-state index contributed by atoms with van der Waals surface area (Å²) < 4.78 is 73.6. The predicted octanol–water partition coefficient (Wildman–Crippen LogP) is 3.90. The number of hydrogen-bond donors (Lipinski definition) is 1. The molecule has 2 fully saturated rings. The van der Waals surface area contributed by atoms with Gasteiger partial charge in [0.2, 0.25) is 10.0 Å².